The number of carbonyl (C=O) groups excluding carboxylic acids is 6. The summed E-state index contributed by atoms with van der Waals surface area (Å²) in [5.41, 5.74) is -0.560. The lowest BCUT2D eigenvalue weighted by molar-refractivity contribution is -0.144. The average Bonchev–Trinajstić information content (AvgIpc) is 3.38. The minimum atomic E-state index is -1.15. The predicted octanol–water partition coefficient (Wildman–Crippen LogP) is 2.91. The normalized spacial score (nSPS) is 24.9. The summed E-state index contributed by atoms with van der Waals surface area (Å²) in [6.07, 6.45) is 13.9. The van der Waals surface area contributed by atoms with Crippen molar-refractivity contribution in [1.29, 1.82) is 0 Å². The maximum Gasteiger partial charge on any atom is 0.315 e. The molecule has 2 saturated carbocycles. The summed E-state index contributed by atoms with van der Waals surface area (Å²) in [4.78, 5) is 84.2. The van der Waals surface area contributed by atoms with Crippen molar-refractivity contribution >= 4 is 35.4 Å². The first-order valence-electron chi connectivity index (χ1n) is 18.4. The summed E-state index contributed by atoms with van der Waals surface area (Å²) < 4.78 is 0. The number of nitrogens with zero attached hydrogens (tertiary/aromatic N) is 2. The molecule has 12 heteroatoms. The van der Waals surface area contributed by atoms with Crippen LogP contribution in [0.4, 0.5) is 4.79 Å². The highest BCUT2D eigenvalue weighted by atomic mass is 16.2. The van der Waals surface area contributed by atoms with E-state index >= 15 is 0 Å². The number of rotatable bonds is 14. The Bertz CT molecular complexity index is 1360. The van der Waals surface area contributed by atoms with Crippen LogP contribution in [0.5, 0.6) is 0 Å². The predicted molar refractivity (Wildman–Crippen MR) is 190 cm³/mol. The van der Waals surface area contributed by atoms with Crippen molar-refractivity contribution in [1.82, 2.24) is 31.1 Å². The standard InChI is InChI=1S/C38H58N6O6/c1-8-10-18-26(32(46)34(48)39-20-9-2)40-33(47)31-29-25(38(29,6)7)22-44(31)35(49)30(24-16-12-11-13-17-24)42-36(50)41-27(37(3,4)5)23-43-21-15-14-19-28(43)45/h1,9,24-27,29-31H,2,10-23H2,3-7H3,(H,39,48)(H,40,47)(H2,41,42,50)/t25?,26?,27-,29?,30+,31+/m1/s1. The van der Waals surface area contributed by atoms with Crippen LogP contribution in [0.2, 0.25) is 0 Å². The first-order chi connectivity index (χ1) is 23.6. The van der Waals surface area contributed by atoms with Gasteiger partial charge >= 0.3 is 6.03 Å². The molecule has 6 atom stereocenters. The van der Waals surface area contributed by atoms with Crippen molar-refractivity contribution in [2.24, 2.45) is 28.6 Å². The summed E-state index contributed by atoms with van der Waals surface area (Å²) in [6, 6.07) is -3.71. The van der Waals surface area contributed by atoms with E-state index in [9.17, 15) is 28.8 Å². The number of nitrogens with one attached hydrogen (secondary N) is 4. The molecule has 3 unspecified atom stereocenters. The van der Waals surface area contributed by atoms with Gasteiger partial charge in [0.1, 0.15) is 12.1 Å². The second kappa shape index (κ2) is 16.4. The highest BCUT2D eigenvalue weighted by Crippen LogP contribution is 2.65. The zero-order valence-electron chi connectivity index (χ0n) is 30.6. The van der Waals surface area contributed by atoms with Gasteiger partial charge in [-0.15, -0.1) is 18.9 Å². The summed E-state index contributed by atoms with van der Waals surface area (Å²) >= 11 is 0. The molecule has 4 N–H and O–H groups in total. The van der Waals surface area contributed by atoms with E-state index in [0.29, 0.717) is 26.1 Å². The van der Waals surface area contributed by atoms with E-state index in [-0.39, 0.29) is 65.8 Å². The van der Waals surface area contributed by atoms with Gasteiger partial charge in [-0.25, -0.2) is 4.79 Å². The van der Waals surface area contributed by atoms with Crippen LogP contribution in [0, 0.1) is 40.9 Å². The number of Topliss-reactive ketones (excluding diaryl/α,β-unsaturated/α-hetero) is 1. The van der Waals surface area contributed by atoms with E-state index in [0.717, 1.165) is 44.9 Å². The Morgan fingerprint density at radius 1 is 1.04 bits per heavy atom. The van der Waals surface area contributed by atoms with E-state index in [1.807, 2.05) is 25.7 Å². The van der Waals surface area contributed by atoms with Gasteiger partial charge in [-0.1, -0.05) is 60.0 Å². The van der Waals surface area contributed by atoms with Gasteiger partial charge in [0.25, 0.3) is 5.91 Å². The second-order valence-electron chi connectivity index (χ2n) is 16.3. The number of urea groups is 1. The molecular formula is C38H58N6O6. The highest BCUT2D eigenvalue weighted by molar-refractivity contribution is 6.38. The molecule has 50 heavy (non-hydrogen) atoms. The molecule has 276 valence electrons. The van der Waals surface area contributed by atoms with Gasteiger partial charge in [0.15, 0.2) is 0 Å². The fourth-order valence-corrected chi connectivity index (χ4v) is 8.16. The van der Waals surface area contributed by atoms with Gasteiger partial charge in [0, 0.05) is 39.0 Å². The van der Waals surface area contributed by atoms with Crippen molar-refractivity contribution < 1.29 is 28.8 Å². The highest BCUT2D eigenvalue weighted by Gasteiger charge is 2.69. The lowest BCUT2D eigenvalue weighted by Crippen LogP contribution is -2.62. The minimum absolute atomic E-state index is 0.0745. The van der Waals surface area contributed by atoms with Gasteiger partial charge in [0.05, 0.1) is 12.1 Å². The molecule has 0 spiro atoms. The molecular weight excluding hydrogens is 636 g/mol. The molecule has 0 radical (unpaired) electrons. The molecule has 2 heterocycles. The first-order valence-corrected chi connectivity index (χ1v) is 18.4. The zero-order valence-corrected chi connectivity index (χ0v) is 30.6. The van der Waals surface area contributed by atoms with Crippen LogP contribution in [0.3, 0.4) is 0 Å². The average molecular weight is 695 g/mol. The molecule has 4 aliphatic rings. The van der Waals surface area contributed by atoms with Crippen LogP contribution >= 0.6 is 0 Å². The fraction of sp³-hybridized carbons (Fsp3) is 0.737. The minimum Gasteiger partial charge on any atom is -0.346 e. The van der Waals surface area contributed by atoms with Crippen LogP contribution in [0.15, 0.2) is 12.7 Å². The molecule has 4 rings (SSSR count). The Hall–Kier alpha value is -3.88. The molecule has 2 aliphatic heterocycles. The number of carbonyl (C=O) groups is 6. The van der Waals surface area contributed by atoms with Crippen molar-refractivity contribution in [2.75, 3.05) is 26.2 Å². The number of terminal acetylenes is 1. The number of hydrogen-bond donors (Lipinski definition) is 4. The summed E-state index contributed by atoms with van der Waals surface area (Å²) in [5, 5.41) is 11.4. The number of piperidine rings is 2. The van der Waals surface area contributed by atoms with Crippen LogP contribution in [0.1, 0.15) is 98.8 Å². The lowest BCUT2D eigenvalue weighted by Gasteiger charge is -2.39. The SMILES string of the molecule is C#CCCC(NC(=O)[C@@H]1C2C(CN1C(=O)[C@@H](NC(=O)N[C@H](CN1CCCCC1=O)C(C)(C)C)C1CCCCC1)C2(C)C)C(=O)C(=O)NCC=C. The monoisotopic (exact) mass is 694 g/mol. The topological polar surface area (TPSA) is 157 Å². The summed E-state index contributed by atoms with van der Waals surface area (Å²) in [7, 11) is 0. The van der Waals surface area contributed by atoms with Crippen molar-refractivity contribution in [3.8, 4) is 12.3 Å². The molecule has 2 aliphatic carbocycles. The third-order valence-electron chi connectivity index (χ3n) is 11.5. The van der Waals surface area contributed by atoms with E-state index in [1.54, 1.807) is 4.90 Å². The van der Waals surface area contributed by atoms with Crippen molar-refractivity contribution in [2.45, 2.75) is 123 Å². The molecule has 6 amide bonds. The summed E-state index contributed by atoms with van der Waals surface area (Å²) in [6.45, 7) is 15.2. The molecule has 12 nitrogen and oxygen atoms in total. The van der Waals surface area contributed by atoms with Gasteiger partial charge in [-0.05, 0) is 60.7 Å². The maximum absolute atomic E-state index is 14.6. The van der Waals surface area contributed by atoms with Crippen LogP contribution in [-0.2, 0) is 24.0 Å². The third-order valence-corrected chi connectivity index (χ3v) is 11.5. The third kappa shape index (κ3) is 9.07. The van der Waals surface area contributed by atoms with E-state index in [2.05, 4.69) is 47.6 Å². The summed E-state index contributed by atoms with van der Waals surface area (Å²) in [5.74, 6) is -0.0904. The number of ketones is 1. The first kappa shape index (κ1) is 38.9. The van der Waals surface area contributed by atoms with E-state index in [4.69, 9.17) is 6.42 Å². The van der Waals surface area contributed by atoms with Gasteiger partial charge in [-0.3, -0.25) is 24.0 Å². The molecule has 0 bridgehead atoms. The Labute approximate surface area is 297 Å². The van der Waals surface area contributed by atoms with Crippen LogP contribution in [-0.4, -0.2) is 95.6 Å². The number of hydrogen-bond acceptors (Lipinski definition) is 6. The number of likely N-dealkylation sites (tertiary alicyclic amines) is 2. The Kier molecular flexibility index (Phi) is 12.8. The Balaban J connectivity index is 1.55. The number of fused-ring (bicyclic) bond motifs is 1. The molecule has 2 saturated heterocycles. The van der Waals surface area contributed by atoms with Gasteiger partial charge < -0.3 is 31.1 Å². The quantitative estimate of drug-likeness (QED) is 0.125. The molecule has 0 aromatic rings. The van der Waals surface area contributed by atoms with E-state index < -0.39 is 41.8 Å². The zero-order chi connectivity index (χ0) is 36.8. The van der Waals surface area contributed by atoms with Crippen LogP contribution in [0.25, 0.3) is 0 Å². The molecule has 0 aromatic carbocycles. The van der Waals surface area contributed by atoms with E-state index in [1.165, 1.54) is 6.08 Å². The lowest BCUT2D eigenvalue weighted by atomic mass is 9.83. The fourth-order valence-electron chi connectivity index (χ4n) is 8.16. The molecule has 0 aromatic heterocycles. The second-order valence-corrected chi connectivity index (χ2v) is 16.3. The smallest absolute Gasteiger partial charge is 0.315 e. The molecule has 4 fully saturated rings. The van der Waals surface area contributed by atoms with Gasteiger partial charge in [-0.2, -0.15) is 0 Å². The van der Waals surface area contributed by atoms with Gasteiger partial charge in [0.2, 0.25) is 23.5 Å². The maximum atomic E-state index is 14.6. The Morgan fingerprint density at radius 3 is 2.36 bits per heavy atom. The Morgan fingerprint density at radius 2 is 1.74 bits per heavy atom. The van der Waals surface area contributed by atoms with Crippen molar-refractivity contribution in [3.63, 3.8) is 0 Å². The van der Waals surface area contributed by atoms with Crippen molar-refractivity contribution in [3.05, 3.63) is 12.7 Å². The van der Waals surface area contributed by atoms with Crippen LogP contribution < -0.4 is 21.3 Å². The largest absolute Gasteiger partial charge is 0.346 e. The number of amides is 6.